The summed E-state index contributed by atoms with van der Waals surface area (Å²) >= 11 is 1.50. The molecule has 1 aromatic heterocycles. The molecule has 5 nitrogen and oxygen atoms in total. The van der Waals surface area contributed by atoms with Crippen molar-refractivity contribution in [3.63, 3.8) is 0 Å². The number of amides is 1. The summed E-state index contributed by atoms with van der Waals surface area (Å²) in [6, 6.07) is 20.7. The molecule has 0 atom stereocenters. The summed E-state index contributed by atoms with van der Waals surface area (Å²) in [5, 5.41) is 9.64. The molecule has 1 heterocycles. The number of carbonyl (C=O) groups excluding carboxylic acids is 1. The Morgan fingerprint density at radius 2 is 1.68 bits per heavy atom. The number of thioether (sulfide) groups is 1. The van der Waals surface area contributed by atoms with Gasteiger partial charge in [0.1, 0.15) is 5.82 Å². The Morgan fingerprint density at radius 3 is 2.35 bits per heavy atom. The molecule has 0 unspecified atom stereocenters. The van der Waals surface area contributed by atoms with Crippen molar-refractivity contribution >= 4 is 23.4 Å². The second-order valence-electron chi connectivity index (χ2n) is 7.99. The van der Waals surface area contributed by atoms with Crippen LogP contribution in [0.2, 0.25) is 0 Å². The van der Waals surface area contributed by atoms with Crippen LogP contribution in [-0.2, 0) is 17.8 Å². The number of benzene rings is 2. The van der Waals surface area contributed by atoms with Gasteiger partial charge < -0.3 is 9.47 Å². The minimum absolute atomic E-state index is 0.151. The van der Waals surface area contributed by atoms with Crippen LogP contribution in [0.4, 0.5) is 5.69 Å². The summed E-state index contributed by atoms with van der Waals surface area (Å²) in [6.45, 7) is 2.89. The number of anilines is 1. The van der Waals surface area contributed by atoms with Crippen molar-refractivity contribution in [1.82, 2.24) is 14.8 Å². The fourth-order valence-corrected chi connectivity index (χ4v) is 5.22. The minimum Gasteiger partial charge on any atom is -0.309 e. The normalized spacial score (nSPS) is 14.5. The Morgan fingerprint density at radius 1 is 1.00 bits per heavy atom. The van der Waals surface area contributed by atoms with Crippen molar-refractivity contribution in [3.8, 4) is 0 Å². The van der Waals surface area contributed by atoms with E-state index in [-0.39, 0.29) is 5.91 Å². The molecule has 1 aliphatic carbocycles. The van der Waals surface area contributed by atoms with Crippen molar-refractivity contribution in [2.45, 2.75) is 63.2 Å². The Labute approximate surface area is 188 Å². The van der Waals surface area contributed by atoms with Crippen molar-refractivity contribution in [1.29, 1.82) is 0 Å². The van der Waals surface area contributed by atoms with Crippen LogP contribution in [0, 0.1) is 0 Å². The van der Waals surface area contributed by atoms with Crippen molar-refractivity contribution in [2.24, 2.45) is 0 Å². The first-order chi connectivity index (χ1) is 15.3. The van der Waals surface area contributed by atoms with Crippen LogP contribution in [0.5, 0.6) is 0 Å². The SMILES string of the molecule is CCn1c(Cc2ccccc2)nnc1SCC(=O)N(c1ccccc1)C1CCCCC1. The highest BCUT2D eigenvalue weighted by atomic mass is 32.2. The third-order valence-corrected chi connectivity index (χ3v) is 6.83. The zero-order chi connectivity index (χ0) is 21.5. The molecule has 0 saturated heterocycles. The molecule has 1 saturated carbocycles. The molecule has 31 heavy (non-hydrogen) atoms. The van der Waals surface area contributed by atoms with Gasteiger partial charge in [-0.15, -0.1) is 10.2 Å². The first kappa shape index (κ1) is 21.6. The third-order valence-electron chi connectivity index (χ3n) is 5.88. The van der Waals surface area contributed by atoms with E-state index in [1.54, 1.807) is 0 Å². The number of nitrogens with zero attached hydrogens (tertiary/aromatic N) is 4. The van der Waals surface area contributed by atoms with Crippen molar-refractivity contribution in [2.75, 3.05) is 10.7 Å². The van der Waals surface area contributed by atoms with Gasteiger partial charge in [0.15, 0.2) is 5.16 Å². The summed E-state index contributed by atoms with van der Waals surface area (Å²) in [6.07, 6.45) is 6.57. The molecule has 1 amide bonds. The van der Waals surface area contributed by atoms with Crippen LogP contribution >= 0.6 is 11.8 Å². The van der Waals surface area contributed by atoms with Gasteiger partial charge in [0, 0.05) is 24.7 Å². The number of hydrogen-bond acceptors (Lipinski definition) is 4. The molecular weight excluding hydrogens is 404 g/mol. The molecule has 0 aliphatic heterocycles. The predicted octanol–water partition coefficient (Wildman–Crippen LogP) is 5.35. The lowest BCUT2D eigenvalue weighted by atomic mass is 9.93. The Kier molecular flexibility index (Phi) is 7.41. The van der Waals surface area contributed by atoms with Gasteiger partial charge in [-0.1, -0.05) is 79.6 Å². The van der Waals surface area contributed by atoms with E-state index in [0.29, 0.717) is 11.8 Å². The van der Waals surface area contributed by atoms with E-state index in [0.717, 1.165) is 42.5 Å². The van der Waals surface area contributed by atoms with Crippen LogP contribution in [0.15, 0.2) is 65.8 Å². The molecule has 162 valence electrons. The Balaban J connectivity index is 1.47. The predicted molar refractivity (Wildman–Crippen MR) is 126 cm³/mol. The van der Waals surface area contributed by atoms with Crippen LogP contribution < -0.4 is 4.90 Å². The lowest BCUT2D eigenvalue weighted by Gasteiger charge is -2.34. The third kappa shape index (κ3) is 5.37. The van der Waals surface area contributed by atoms with E-state index in [2.05, 4.69) is 33.8 Å². The molecule has 0 radical (unpaired) electrons. The second kappa shape index (κ2) is 10.6. The summed E-state index contributed by atoms with van der Waals surface area (Å²) in [7, 11) is 0. The highest BCUT2D eigenvalue weighted by molar-refractivity contribution is 7.99. The molecule has 1 aliphatic rings. The lowest BCUT2D eigenvalue weighted by molar-refractivity contribution is -0.116. The summed E-state index contributed by atoms with van der Waals surface area (Å²) in [4.78, 5) is 15.4. The maximum Gasteiger partial charge on any atom is 0.237 e. The lowest BCUT2D eigenvalue weighted by Crippen LogP contribution is -2.42. The average Bonchev–Trinajstić information content (AvgIpc) is 3.21. The topological polar surface area (TPSA) is 51.0 Å². The van der Waals surface area contributed by atoms with Gasteiger partial charge in [-0.05, 0) is 37.5 Å². The second-order valence-corrected chi connectivity index (χ2v) is 8.93. The molecule has 1 fully saturated rings. The zero-order valence-corrected chi connectivity index (χ0v) is 18.9. The Bertz CT molecular complexity index is 968. The maximum absolute atomic E-state index is 13.4. The smallest absolute Gasteiger partial charge is 0.237 e. The van der Waals surface area contributed by atoms with E-state index in [1.165, 1.54) is 36.6 Å². The minimum atomic E-state index is 0.151. The molecule has 0 bridgehead atoms. The number of para-hydroxylation sites is 1. The first-order valence-electron chi connectivity index (χ1n) is 11.2. The molecule has 6 heteroatoms. The van der Waals surface area contributed by atoms with Crippen LogP contribution in [-0.4, -0.2) is 32.5 Å². The van der Waals surface area contributed by atoms with Gasteiger partial charge in [0.05, 0.1) is 5.75 Å². The standard InChI is InChI=1S/C25H30N4OS/c1-2-28-23(18-20-12-6-3-7-13-20)26-27-25(28)31-19-24(30)29(21-14-8-4-9-15-21)22-16-10-5-11-17-22/h3-4,6-9,12-15,22H,2,5,10-11,16-19H2,1H3. The fraction of sp³-hybridized carbons (Fsp3) is 0.400. The number of carbonyl (C=O) groups is 1. The van der Waals surface area contributed by atoms with Gasteiger partial charge in [0.25, 0.3) is 0 Å². The fourth-order valence-electron chi connectivity index (χ4n) is 4.33. The first-order valence-corrected chi connectivity index (χ1v) is 12.2. The van der Waals surface area contributed by atoms with Crippen LogP contribution in [0.3, 0.4) is 0 Å². The monoisotopic (exact) mass is 434 g/mol. The summed E-state index contributed by atoms with van der Waals surface area (Å²) < 4.78 is 2.12. The van der Waals surface area contributed by atoms with Crippen molar-refractivity contribution in [3.05, 3.63) is 72.1 Å². The van der Waals surface area contributed by atoms with E-state index in [9.17, 15) is 4.79 Å². The highest BCUT2D eigenvalue weighted by Gasteiger charge is 2.27. The van der Waals surface area contributed by atoms with Gasteiger partial charge >= 0.3 is 0 Å². The van der Waals surface area contributed by atoms with Crippen molar-refractivity contribution < 1.29 is 4.79 Å². The van der Waals surface area contributed by atoms with Gasteiger partial charge in [-0.2, -0.15) is 0 Å². The van der Waals surface area contributed by atoms with Gasteiger partial charge in [-0.25, -0.2) is 0 Å². The van der Waals surface area contributed by atoms with Crippen LogP contribution in [0.25, 0.3) is 0 Å². The quantitative estimate of drug-likeness (QED) is 0.449. The maximum atomic E-state index is 13.4. The molecular formula is C25H30N4OS. The summed E-state index contributed by atoms with van der Waals surface area (Å²) in [5.41, 5.74) is 2.21. The molecule has 4 rings (SSSR count). The number of rotatable bonds is 8. The number of hydrogen-bond donors (Lipinski definition) is 0. The summed E-state index contributed by atoms with van der Waals surface area (Å²) in [5.74, 6) is 1.46. The average molecular weight is 435 g/mol. The van der Waals surface area contributed by atoms with E-state index in [1.807, 2.05) is 53.4 Å². The van der Waals surface area contributed by atoms with E-state index < -0.39 is 0 Å². The molecule has 0 N–H and O–H groups in total. The zero-order valence-electron chi connectivity index (χ0n) is 18.1. The van der Waals surface area contributed by atoms with E-state index >= 15 is 0 Å². The van der Waals surface area contributed by atoms with Gasteiger partial charge in [-0.3, -0.25) is 4.79 Å². The Hall–Kier alpha value is -2.60. The molecule has 2 aromatic carbocycles. The van der Waals surface area contributed by atoms with E-state index in [4.69, 9.17) is 0 Å². The number of aromatic nitrogens is 3. The largest absolute Gasteiger partial charge is 0.309 e. The van der Waals surface area contributed by atoms with Gasteiger partial charge in [0.2, 0.25) is 5.91 Å². The molecule has 0 spiro atoms. The van der Waals surface area contributed by atoms with Crippen LogP contribution in [0.1, 0.15) is 50.4 Å². The molecule has 3 aromatic rings. The highest BCUT2D eigenvalue weighted by Crippen LogP contribution is 2.29.